The van der Waals surface area contributed by atoms with E-state index in [1.807, 2.05) is 24.4 Å². The normalized spacial score (nSPS) is 21.4. The van der Waals surface area contributed by atoms with Crippen molar-refractivity contribution in [1.82, 2.24) is 5.32 Å². The van der Waals surface area contributed by atoms with Crippen LogP contribution in [0.4, 0.5) is 0 Å². The Morgan fingerprint density at radius 2 is 1.84 bits per heavy atom. The molecule has 0 bridgehead atoms. The number of carbonyl (C=O) groups excluding carboxylic acids is 3. The summed E-state index contributed by atoms with van der Waals surface area (Å²) in [6, 6.07) is 8.98. The zero-order valence-electron chi connectivity index (χ0n) is 20.9. The number of hydrogen-bond donors (Lipinski definition) is 1. The van der Waals surface area contributed by atoms with Gasteiger partial charge >= 0.3 is 11.9 Å². The number of nitrogens with one attached hydrogen (secondary N) is 1. The van der Waals surface area contributed by atoms with Gasteiger partial charge in [0.05, 0.1) is 28.8 Å². The first kappa shape index (κ1) is 27.4. The second-order valence-electron chi connectivity index (χ2n) is 8.88. The van der Waals surface area contributed by atoms with Crippen LogP contribution in [0.5, 0.6) is 0 Å². The standard InChI is InChI=1S/C28H29Cl2NO5S/c1-4-9-18-24(28(34)36-6-3)21(15-10-7-11-17(29)25(15)30)23-19(31-18)14-16(20-12-8-13-37-20)22(26(23)32)27(33)35-5-2/h7-8,10-13,16,21-22,31H,4-6,9,14H2,1-3H3/t16-,21+,22+/m0/s1. The van der Waals surface area contributed by atoms with E-state index in [4.69, 9.17) is 32.7 Å². The lowest BCUT2D eigenvalue weighted by molar-refractivity contribution is -0.152. The predicted molar refractivity (Wildman–Crippen MR) is 145 cm³/mol. The monoisotopic (exact) mass is 561 g/mol. The summed E-state index contributed by atoms with van der Waals surface area (Å²) in [5, 5.41) is 5.89. The Morgan fingerprint density at radius 3 is 2.49 bits per heavy atom. The minimum absolute atomic E-state index is 0.155. The van der Waals surface area contributed by atoms with Gasteiger partial charge in [0.25, 0.3) is 0 Å². The van der Waals surface area contributed by atoms with Gasteiger partial charge in [0, 0.05) is 33.7 Å². The molecule has 2 aromatic rings. The molecule has 3 atom stereocenters. The molecular weight excluding hydrogens is 533 g/mol. The van der Waals surface area contributed by atoms with Crippen molar-refractivity contribution in [2.24, 2.45) is 5.92 Å². The van der Waals surface area contributed by atoms with Crippen LogP contribution in [0.2, 0.25) is 10.0 Å². The molecule has 6 nitrogen and oxygen atoms in total. The van der Waals surface area contributed by atoms with Gasteiger partial charge < -0.3 is 14.8 Å². The van der Waals surface area contributed by atoms with Crippen LogP contribution in [0.25, 0.3) is 0 Å². The van der Waals surface area contributed by atoms with E-state index < -0.39 is 23.8 Å². The summed E-state index contributed by atoms with van der Waals surface area (Å²) in [6.45, 7) is 5.78. The van der Waals surface area contributed by atoms with Crippen LogP contribution in [-0.4, -0.2) is 30.9 Å². The fraction of sp³-hybridized carbons (Fsp3) is 0.393. The summed E-state index contributed by atoms with van der Waals surface area (Å²) in [6.07, 6.45) is 1.74. The van der Waals surface area contributed by atoms with E-state index in [1.165, 1.54) is 11.3 Å². The van der Waals surface area contributed by atoms with Crippen LogP contribution in [-0.2, 0) is 23.9 Å². The van der Waals surface area contributed by atoms with Crippen LogP contribution in [0, 0.1) is 5.92 Å². The average molecular weight is 563 g/mol. The Morgan fingerprint density at radius 1 is 1.08 bits per heavy atom. The van der Waals surface area contributed by atoms with Gasteiger partial charge in [-0.25, -0.2) is 4.79 Å². The van der Waals surface area contributed by atoms with Crippen molar-refractivity contribution in [3.05, 3.63) is 78.7 Å². The van der Waals surface area contributed by atoms with Crippen LogP contribution in [0.1, 0.15) is 62.3 Å². The molecule has 2 aliphatic rings. The molecule has 0 fully saturated rings. The Balaban J connectivity index is 1.96. The number of esters is 2. The molecule has 0 saturated heterocycles. The summed E-state index contributed by atoms with van der Waals surface area (Å²) < 4.78 is 10.8. The number of ether oxygens (including phenoxy) is 2. The first-order valence-electron chi connectivity index (χ1n) is 12.4. The molecule has 1 aromatic heterocycles. The van der Waals surface area contributed by atoms with Crippen molar-refractivity contribution >= 4 is 52.3 Å². The fourth-order valence-electron chi connectivity index (χ4n) is 5.17. The van der Waals surface area contributed by atoms with E-state index in [0.717, 1.165) is 11.3 Å². The maximum absolute atomic E-state index is 14.3. The topological polar surface area (TPSA) is 81.7 Å². The molecule has 2 heterocycles. The second kappa shape index (κ2) is 11.8. The summed E-state index contributed by atoms with van der Waals surface area (Å²) in [5.74, 6) is -3.77. The Bertz CT molecular complexity index is 1270. The average Bonchev–Trinajstić information content (AvgIpc) is 3.40. The molecule has 0 unspecified atom stereocenters. The van der Waals surface area contributed by atoms with E-state index in [1.54, 1.807) is 32.0 Å². The number of carbonyl (C=O) groups is 3. The lowest BCUT2D eigenvalue weighted by atomic mass is 9.68. The third kappa shape index (κ3) is 5.22. The van der Waals surface area contributed by atoms with E-state index >= 15 is 0 Å². The van der Waals surface area contributed by atoms with Gasteiger partial charge in [-0.1, -0.05) is 54.7 Å². The lowest BCUT2D eigenvalue weighted by Gasteiger charge is -2.39. The van der Waals surface area contributed by atoms with Gasteiger partial charge in [-0.3, -0.25) is 9.59 Å². The number of dihydropyridines is 1. The molecule has 9 heteroatoms. The lowest BCUT2D eigenvalue weighted by Crippen LogP contribution is -2.43. The number of Topliss-reactive ketones (excluding diaryl/α,β-unsaturated/α-hetero) is 1. The molecule has 37 heavy (non-hydrogen) atoms. The van der Waals surface area contributed by atoms with E-state index in [0.29, 0.717) is 46.0 Å². The predicted octanol–water partition coefficient (Wildman–Crippen LogP) is 6.55. The van der Waals surface area contributed by atoms with Crippen molar-refractivity contribution in [1.29, 1.82) is 0 Å². The number of ketones is 1. The maximum atomic E-state index is 14.3. The van der Waals surface area contributed by atoms with Gasteiger partial charge in [-0.15, -0.1) is 11.3 Å². The molecule has 1 aliphatic heterocycles. The van der Waals surface area contributed by atoms with Crippen molar-refractivity contribution in [3.63, 3.8) is 0 Å². The summed E-state index contributed by atoms with van der Waals surface area (Å²) in [7, 11) is 0. The molecule has 4 rings (SSSR count). The number of allylic oxidation sites excluding steroid dienone is 3. The number of hydrogen-bond acceptors (Lipinski definition) is 7. The smallest absolute Gasteiger partial charge is 0.336 e. The van der Waals surface area contributed by atoms with Gasteiger partial charge in [-0.05, 0) is 49.8 Å². The molecule has 1 N–H and O–H groups in total. The molecule has 0 radical (unpaired) electrons. The SMILES string of the molecule is CCCC1=C(C(=O)OCC)[C@H](c2cccc(Cl)c2Cl)C2=C(C[C@@H](c3cccs3)[C@@H](C(=O)OCC)C2=O)N1. The van der Waals surface area contributed by atoms with Crippen LogP contribution < -0.4 is 5.32 Å². The molecule has 0 saturated carbocycles. The number of rotatable bonds is 8. The van der Waals surface area contributed by atoms with E-state index in [2.05, 4.69) is 5.32 Å². The molecule has 1 aromatic carbocycles. The largest absolute Gasteiger partial charge is 0.465 e. The summed E-state index contributed by atoms with van der Waals surface area (Å²) in [5.41, 5.74) is 2.54. The Labute approximate surface area is 230 Å². The Hall–Kier alpha value is -2.61. The highest BCUT2D eigenvalue weighted by atomic mass is 35.5. The first-order chi connectivity index (χ1) is 17.8. The summed E-state index contributed by atoms with van der Waals surface area (Å²) in [4.78, 5) is 41.8. The highest BCUT2D eigenvalue weighted by Gasteiger charge is 2.50. The third-order valence-corrected chi connectivity index (χ3v) is 8.48. The first-order valence-corrected chi connectivity index (χ1v) is 14.1. The van der Waals surface area contributed by atoms with Crippen molar-refractivity contribution < 1.29 is 23.9 Å². The minimum atomic E-state index is -1.05. The van der Waals surface area contributed by atoms with E-state index in [-0.39, 0.29) is 29.9 Å². The molecule has 0 amide bonds. The quantitative estimate of drug-likeness (QED) is 0.290. The summed E-state index contributed by atoms with van der Waals surface area (Å²) >= 11 is 14.6. The minimum Gasteiger partial charge on any atom is -0.465 e. The van der Waals surface area contributed by atoms with Crippen LogP contribution >= 0.6 is 34.5 Å². The Kier molecular flexibility index (Phi) is 8.78. The molecule has 196 valence electrons. The van der Waals surface area contributed by atoms with Crippen LogP contribution in [0.15, 0.2) is 58.3 Å². The third-order valence-electron chi connectivity index (χ3n) is 6.64. The van der Waals surface area contributed by atoms with Gasteiger partial charge in [0.15, 0.2) is 5.78 Å². The van der Waals surface area contributed by atoms with Gasteiger partial charge in [0.1, 0.15) is 5.92 Å². The van der Waals surface area contributed by atoms with Crippen molar-refractivity contribution in [2.75, 3.05) is 13.2 Å². The van der Waals surface area contributed by atoms with E-state index in [9.17, 15) is 14.4 Å². The fourth-order valence-corrected chi connectivity index (χ4v) is 6.45. The zero-order valence-corrected chi connectivity index (χ0v) is 23.3. The molecular formula is C28H29Cl2NO5S. The van der Waals surface area contributed by atoms with Crippen LogP contribution in [0.3, 0.4) is 0 Å². The molecule has 0 spiro atoms. The number of halogens is 2. The second-order valence-corrected chi connectivity index (χ2v) is 10.6. The van der Waals surface area contributed by atoms with Gasteiger partial charge in [-0.2, -0.15) is 0 Å². The number of benzene rings is 1. The van der Waals surface area contributed by atoms with Gasteiger partial charge in [0.2, 0.25) is 0 Å². The maximum Gasteiger partial charge on any atom is 0.336 e. The number of thiophene rings is 1. The highest BCUT2D eigenvalue weighted by molar-refractivity contribution is 7.10. The van der Waals surface area contributed by atoms with Crippen molar-refractivity contribution in [3.8, 4) is 0 Å². The highest BCUT2D eigenvalue weighted by Crippen LogP contribution is 2.50. The molecule has 1 aliphatic carbocycles. The van der Waals surface area contributed by atoms with Crippen molar-refractivity contribution in [2.45, 2.75) is 51.9 Å². The zero-order chi connectivity index (χ0) is 26.7.